The predicted molar refractivity (Wildman–Crippen MR) is 111 cm³/mol. The molecule has 0 unspecified atom stereocenters. The van der Waals surface area contributed by atoms with Crippen LogP contribution in [0.2, 0.25) is 0 Å². The Kier molecular flexibility index (Phi) is 7.10. The second-order valence-electron chi connectivity index (χ2n) is 6.19. The molecule has 0 bridgehead atoms. The Morgan fingerprint density at radius 1 is 1.07 bits per heavy atom. The zero-order valence-electron chi connectivity index (χ0n) is 16.2. The highest BCUT2D eigenvalue weighted by Gasteiger charge is 2.17. The summed E-state index contributed by atoms with van der Waals surface area (Å²) in [6, 6.07) is 19.4. The first-order valence-corrected chi connectivity index (χ1v) is 9.15. The van der Waals surface area contributed by atoms with E-state index in [1.165, 1.54) is 30.2 Å². The molecule has 0 radical (unpaired) electrons. The van der Waals surface area contributed by atoms with E-state index in [1.54, 1.807) is 36.5 Å². The molecule has 0 aliphatic rings. The van der Waals surface area contributed by atoms with Gasteiger partial charge in [0.05, 0.1) is 13.7 Å². The molecule has 0 N–H and O–H groups in total. The van der Waals surface area contributed by atoms with Crippen LogP contribution in [0.3, 0.4) is 0 Å². The number of aromatic nitrogens is 1. The average Bonchev–Trinajstić information content (AvgIpc) is 2.77. The van der Waals surface area contributed by atoms with Crippen molar-refractivity contribution < 1.29 is 23.0 Å². The molecular formula is C23H20F2N2O3. The summed E-state index contributed by atoms with van der Waals surface area (Å²) < 4.78 is 35.3. The number of amides is 1. The number of ether oxygens (including phenoxy) is 2. The van der Waals surface area contributed by atoms with Gasteiger partial charge in [0, 0.05) is 17.8 Å². The summed E-state index contributed by atoms with van der Waals surface area (Å²) in [5, 5.41) is 0. The maximum atomic E-state index is 13.0. The van der Waals surface area contributed by atoms with E-state index in [2.05, 4.69) is 9.72 Å². The van der Waals surface area contributed by atoms with E-state index in [1.807, 2.05) is 30.3 Å². The Morgan fingerprint density at radius 2 is 1.83 bits per heavy atom. The van der Waals surface area contributed by atoms with Crippen LogP contribution < -0.4 is 14.4 Å². The highest BCUT2D eigenvalue weighted by Crippen LogP contribution is 2.33. The van der Waals surface area contributed by atoms with Crippen molar-refractivity contribution in [1.29, 1.82) is 0 Å². The number of methoxy groups -OCH3 is 1. The number of para-hydroxylation sites is 1. The Labute approximate surface area is 173 Å². The third-order valence-electron chi connectivity index (χ3n) is 4.22. The maximum Gasteiger partial charge on any atom is 0.387 e. The summed E-state index contributed by atoms with van der Waals surface area (Å²) in [5.41, 5.74) is 1.22. The molecule has 1 heterocycles. The Balaban J connectivity index is 1.90. The first-order chi connectivity index (χ1) is 14.6. The molecule has 30 heavy (non-hydrogen) atoms. The van der Waals surface area contributed by atoms with Crippen LogP contribution in [0.25, 0.3) is 6.08 Å². The number of carbonyl (C=O) groups excluding carboxylic acids is 1. The molecule has 1 aromatic heterocycles. The Morgan fingerprint density at radius 3 is 2.50 bits per heavy atom. The lowest BCUT2D eigenvalue weighted by Crippen LogP contribution is -2.29. The van der Waals surface area contributed by atoms with Gasteiger partial charge in [0.15, 0.2) is 11.5 Å². The molecule has 1 amide bonds. The highest BCUT2D eigenvalue weighted by atomic mass is 19.3. The Bertz CT molecular complexity index is 996. The number of alkyl halides is 2. The van der Waals surface area contributed by atoms with Crippen molar-refractivity contribution in [2.24, 2.45) is 0 Å². The molecule has 7 heteroatoms. The summed E-state index contributed by atoms with van der Waals surface area (Å²) in [5.74, 6) is 0.135. The number of halogens is 2. The van der Waals surface area contributed by atoms with Crippen LogP contribution in [0.1, 0.15) is 11.1 Å². The lowest BCUT2D eigenvalue weighted by molar-refractivity contribution is -0.114. The maximum absolute atomic E-state index is 13.0. The van der Waals surface area contributed by atoms with E-state index in [-0.39, 0.29) is 17.4 Å². The standard InChI is InChI=1S/C23H20F2N2O3/c1-29-19-11-7-10-18(22(19)30-23(24)25)13-14-21(28)27(20-12-5-6-15-26-20)16-17-8-3-2-4-9-17/h2-15,23H,16H2,1H3. The molecule has 5 nitrogen and oxygen atoms in total. The van der Waals surface area contributed by atoms with Gasteiger partial charge in [-0.15, -0.1) is 0 Å². The van der Waals surface area contributed by atoms with Crippen LogP contribution in [0.4, 0.5) is 14.6 Å². The number of rotatable bonds is 8. The van der Waals surface area contributed by atoms with Crippen molar-refractivity contribution in [1.82, 2.24) is 4.98 Å². The number of anilines is 1. The molecule has 0 fully saturated rings. The van der Waals surface area contributed by atoms with E-state index >= 15 is 0 Å². The molecule has 154 valence electrons. The number of hydrogen-bond donors (Lipinski definition) is 0. The quantitative estimate of drug-likeness (QED) is 0.494. The van der Waals surface area contributed by atoms with Crippen LogP contribution in [-0.2, 0) is 11.3 Å². The van der Waals surface area contributed by atoms with E-state index < -0.39 is 6.61 Å². The van der Waals surface area contributed by atoms with Crippen molar-refractivity contribution >= 4 is 17.8 Å². The number of hydrogen-bond acceptors (Lipinski definition) is 4. The minimum atomic E-state index is -3.02. The molecule has 0 atom stereocenters. The fourth-order valence-electron chi connectivity index (χ4n) is 2.84. The van der Waals surface area contributed by atoms with Gasteiger partial charge in [-0.3, -0.25) is 9.69 Å². The van der Waals surface area contributed by atoms with Gasteiger partial charge in [0.1, 0.15) is 5.82 Å². The zero-order chi connectivity index (χ0) is 21.3. The second kappa shape index (κ2) is 10.2. The molecule has 0 saturated carbocycles. The van der Waals surface area contributed by atoms with Gasteiger partial charge in [0.25, 0.3) is 5.91 Å². The van der Waals surface area contributed by atoms with Gasteiger partial charge in [-0.05, 0) is 29.8 Å². The fraction of sp³-hybridized carbons (Fsp3) is 0.130. The van der Waals surface area contributed by atoms with Crippen molar-refractivity contribution in [2.45, 2.75) is 13.2 Å². The molecular weight excluding hydrogens is 390 g/mol. The summed E-state index contributed by atoms with van der Waals surface area (Å²) in [6.45, 7) is -2.72. The van der Waals surface area contributed by atoms with E-state index in [0.29, 0.717) is 17.9 Å². The molecule has 3 rings (SSSR count). The van der Waals surface area contributed by atoms with Gasteiger partial charge in [-0.1, -0.05) is 48.5 Å². The minimum Gasteiger partial charge on any atom is -0.493 e. The van der Waals surface area contributed by atoms with Crippen molar-refractivity contribution in [3.8, 4) is 11.5 Å². The van der Waals surface area contributed by atoms with Crippen LogP contribution in [0.15, 0.2) is 79.0 Å². The monoisotopic (exact) mass is 410 g/mol. The second-order valence-corrected chi connectivity index (χ2v) is 6.19. The van der Waals surface area contributed by atoms with Crippen LogP contribution in [0, 0.1) is 0 Å². The SMILES string of the molecule is COc1cccc(C=CC(=O)N(Cc2ccccc2)c2ccccn2)c1OC(F)F. The third kappa shape index (κ3) is 5.41. The van der Waals surface area contributed by atoms with E-state index in [9.17, 15) is 13.6 Å². The van der Waals surface area contributed by atoms with Crippen LogP contribution >= 0.6 is 0 Å². The van der Waals surface area contributed by atoms with Crippen molar-refractivity contribution in [3.05, 3.63) is 90.1 Å². The van der Waals surface area contributed by atoms with Crippen LogP contribution in [0.5, 0.6) is 11.5 Å². The molecule has 3 aromatic rings. The first kappa shape index (κ1) is 21.0. The smallest absolute Gasteiger partial charge is 0.387 e. The fourth-order valence-corrected chi connectivity index (χ4v) is 2.84. The highest BCUT2D eigenvalue weighted by molar-refractivity contribution is 6.03. The molecule has 0 spiro atoms. The molecule has 0 aliphatic heterocycles. The minimum absolute atomic E-state index is 0.133. The largest absolute Gasteiger partial charge is 0.493 e. The topological polar surface area (TPSA) is 51.7 Å². The molecule has 2 aromatic carbocycles. The van der Waals surface area contributed by atoms with E-state index in [4.69, 9.17) is 4.74 Å². The van der Waals surface area contributed by atoms with Gasteiger partial charge in [-0.2, -0.15) is 8.78 Å². The summed E-state index contributed by atoms with van der Waals surface area (Å²) in [6.07, 6.45) is 4.31. The number of carbonyl (C=O) groups is 1. The number of pyridine rings is 1. The van der Waals surface area contributed by atoms with Gasteiger partial charge in [0.2, 0.25) is 0 Å². The number of benzene rings is 2. The lowest BCUT2D eigenvalue weighted by atomic mass is 10.1. The first-order valence-electron chi connectivity index (χ1n) is 9.15. The van der Waals surface area contributed by atoms with Crippen LogP contribution in [-0.4, -0.2) is 24.6 Å². The van der Waals surface area contributed by atoms with Gasteiger partial charge >= 0.3 is 6.61 Å². The third-order valence-corrected chi connectivity index (χ3v) is 4.22. The summed E-state index contributed by atoms with van der Waals surface area (Å²) >= 11 is 0. The van der Waals surface area contributed by atoms with Gasteiger partial charge < -0.3 is 9.47 Å². The lowest BCUT2D eigenvalue weighted by Gasteiger charge is -2.20. The Hall–Kier alpha value is -3.74. The number of nitrogens with zero attached hydrogens (tertiary/aromatic N) is 2. The van der Waals surface area contributed by atoms with E-state index in [0.717, 1.165) is 5.56 Å². The average molecular weight is 410 g/mol. The summed E-state index contributed by atoms with van der Waals surface area (Å²) in [7, 11) is 1.36. The normalized spacial score (nSPS) is 10.9. The van der Waals surface area contributed by atoms with Crippen molar-refractivity contribution in [3.63, 3.8) is 0 Å². The molecule has 0 aliphatic carbocycles. The summed E-state index contributed by atoms with van der Waals surface area (Å²) in [4.78, 5) is 18.8. The van der Waals surface area contributed by atoms with Gasteiger partial charge in [-0.25, -0.2) is 4.98 Å². The zero-order valence-corrected chi connectivity index (χ0v) is 16.2. The van der Waals surface area contributed by atoms with Crippen molar-refractivity contribution in [2.75, 3.05) is 12.0 Å². The molecule has 0 saturated heterocycles. The predicted octanol–water partition coefficient (Wildman–Crippen LogP) is 4.94.